The van der Waals surface area contributed by atoms with E-state index in [4.69, 9.17) is 4.74 Å². The number of aliphatic hydroxyl groups is 1. The number of rotatable bonds is 5. The van der Waals surface area contributed by atoms with Gasteiger partial charge in [0.05, 0.1) is 11.5 Å². The molecule has 112 valence electrons. The second-order valence-electron chi connectivity index (χ2n) is 4.95. The smallest absolute Gasteiger partial charge is 0.240 e. The number of benzene rings is 1. The molecule has 0 aliphatic carbocycles. The van der Waals surface area contributed by atoms with Crippen LogP contribution in [0.3, 0.4) is 0 Å². The largest absolute Gasteiger partial charge is 0.392 e. The molecule has 1 aromatic carbocycles. The van der Waals surface area contributed by atoms with Crippen LogP contribution in [0.1, 0.15) is 30.9 Å². The van der Waals surface area contributed by atoms with Gasteiger partial charge in [0.15, 0.2) is 0 Å². The third kappa shape index (κ3) is 3.58. The molecule has 20 heavy (non-hydrogen) atoms. The molecule has 0 atom stereocenters. The predicted octanol–water partition coefficient (Wildman–Crippen LogP) is 1.20. The molecule has 0 unspecified atom stereocenters. The quantitative estimate of drug-likeness (QED) is 0.856. The maximum absolute atomic E-state index is 12.3. The molecule has 0 bridgehead atoms. The second kappa shape index (κ2) is 6.67. The van der Waals surface area contributed by atoms with Gasteiger partial charge in [0.2, 0.25) is 10.0 Å². The average molecular weight is 299 g/mol. The minimum atomic E-state index is -3.53. The zero-order chi connectivity index (χ0) is 14.6. The van der Waals surface area contributed by atoms with Crippen molar-refractivity contribution in [1.29, 1.82) is 0 Å². The molecule has 0 aromatic heterocycles. The highest BCUT2D eigenvalue weighted by Crippen LogP contribution is 2.18. The number of aliphatic hydroxyl groups excluding tert-OH is 1. The number of sulfonamides is 1. The van der Waals surface area contributed by atoms with Crippen molar-refractivity contribution < 1.29 is 18.3 Å². The van der Waals surface area contributed by atoms with Crippen molar-refractivity contribution in [3.05, 3.63) is 29.3 Å². The lowest BCUT2D eigenvalue weighted by Crippen LogP contribution is -2.38. The van der Waals surface area contributed by atoms with Crippen molar-refractivity contribution in [3.63, 3.8) is 0 Å². The molecular weight excluding hydrogens is 278 g/mol. The highest BCUT2D eigenvalue weighted by Gasteiger charge is 2.22. The van der Waals surface area contributed by atoms with Crippen LogP contribution in [0.25, 0.3) is 0 Å². The van der Waals surface area contributed by atoms with Gasteiger partial charge >= 0.3 is 0 Å². The van der Waals surface area contributed by atoms with Gasteiger partial charge in [-0.15, -0.1) is 0 Å². The van der Waals surface area contributed by atoms with Gasteiger partial charge in [-0.3, -0.25) is 0 Å². The maximum atomic E-state index is 12.3. The lowest BCUT2D eigenvalue weighted by molar-refractivity contribution is 0.0832. The average Bonchev–Trinajstić information content (AvgIpc) is 2.47. The predicted molar refractivity (Wildman–Crippen MR) is 75.9 cm³/mol. The molecule has 6 heteroatoms. The number of hydrogen-bond donors (Lipinski definition) is 2. The fourth-order valence-corrected chi connectivity index (χ4v) is 3.72. The number of nitrogens with one attached hydrogen (secondary N) is 1. The van der Waals surface area contributed by atoms with Crippen LogP contribution in [0.5, 0.6) is 0 Å². The fourth-order valence-electron chi connectivity index (χ4n) is 2.36. The highest BCUT2D eigenvalue weighted by atomic mass is 32.2. The van der Waals surface area contributed by atoms with Crippen LogP contribution in [0.4, 0.5) is 0 Å². The summed E-state index contributed by atoms with van der Waals surface area (Å²) in [6.45, 7) is 3.00. The van der Waals surface area contributed by atoms with Gasteiger partial charge in [0.1, 0.15) is 0 Å². The Labute approximate surface area is 120 Å². The lowest BCUT2D eigenvalue weighted by atomic mass is 10.1. The van der Waals surface area contributed by atoms with Crippen molar-refractivity contribution >= 4 is 10.0 Å². The van der Waals surface area contributed by atoms with E-state index in [0.29, 0.717) is 31.6 Å². The minimum Gasteiger partial charge on any atom is -0.392 e. The van der Waals surface area contributed by atoms with Crippen molar-refractivity contribution in [2.75, 3.05) is 13.2 Å². The Balaban J connectivity index is 2.20. The summed E-state index contributed by atoms with van der Waals surface area (Å²) < 4.78 is 32.6. The molecule has 1 fully saturated rings. The molecule has 1 aromatic rings. The summed E-state index contributed by atoms with van der Waals surface area (Å²) in [7, 11) is -3.53. The molecule has 0 radical (unpaired) electrons. The topological polar surface area (TPSA) is 75.6 Å². The van der Waals surface area contributed by atoms with E-state index in [-0.39, 0.29) is 17.5 Å². The first-order valence-electron chi connectivity index (χ1n) is 6.89. The Bertz CT molecular complexity index is 550. The van der Waals surface area contributed by atoms with Crippen LogP contribution >= 0.6 is 0 Å². The number of ether oxygens (including phenoxy) is 1. The molecule has 0 saturated carbocycles. The van der Waals surface area contributed by atoms with E-state index in [1.54, 1.807) is 18.2 Å². The first-order valence-corrected chi connectivity index (χ1v) is 8.38. The number of aryl methyl sites for hydroxylation is 1. The Hall–Kier alpha value is -0.950. The van der Waals surface area contributed by atoms with Gasteiger partial charge in [0.25, 0.3) is 0 Å². The standard InChI is InChI=1S/C14H21NO4S/c1-2-11-3-4-14(9-12(11)10-16)20(17,18)15-13-5-7-19-8-6-13/h3-4,9,13,15-16H,2,5-8,10H2,1H3. The molecule has 1 heterocycles. The Morgan fingerprint density at radius 1 is 1.30 bits per heavy atom. The van der Waals surface area contributed by atoms with Crippen LogP contribution in [0.2, 0.25) is 0 Å². The molecule has 1 aliphatic rings. The van der Waals surface area contributed by atoms with E-state index in [0.717, 1.165) is 12.0 Å². The SMILES string of the molecule is CCc1ccc(S(=O)(=O)NC2CCOCC2)cc1CO. The molecule has 0 spiro atoms. The molecule has 1 saturated heterocycles. The third-order valence-corrected chi connectivity index (χ3v) is 5.10. The summed E-state index contributed by atoms with van der Waals surface area (Å²) in [5.41, 5.74) is 1.64. The van der Waals surface area contributed by atoms with E-state index in [9.17, 15) is 13.5 Å². The van der Waals surface area contributed by atoms with Crippen LogP contribution in [0.15, 0.2) is 23.1 Å². The first kappa shape index (κ1) is 15.4. The first-order chi connectivity index (χ1) is 9.56. The summed E-state index contributed by atoms with van der Waals surface area (Å²) in [5.74, 6) is 0. The lowest BCUT2D eigenvalue weighted by Gasteiger charge is -2.23. The molecule has 2 N–H and O–H groups in total. The van der Waals surface area contributed by atoms with Gasteiger partial charge in [-0.25, -0.2) is 13.1 Å². The summed E-state index contributed by atoms with van der Waals surface area (Å²) in [4.78, 5) is 0.213. The highest BCUT2D eigenvalue weighted by molar-refractivity contribution is 7.89. The van der Waals surface area contributed by atoms with Crippen LogP contribution < -0.4 is 4.72 Å². The zero-order valence-corrected chi connectivity index (χ0v) is 12.4. The fraction of sp³-hybridized carbons (Fsp3) is 0.571. The van der Waals surface area contributed by atoms with E-state index in [2.05, 4.69) is 4.72 Å². The summed E-state index contributed by atoms with van der Waals surface area (Å²) in [5, 5.41) is 9.33. The van der Waals surface area contributed by atoms with E-state index >= 15 is 0 Å². The third-order valence-electron chi connectivity index (χ3n) is 3.58. The van der Waals surface area contributed by atoms with Crippen LogP contribution in [0, 0.1) is 0 Å². The maximum Gasteiger partial charge on any atom is 0.240 e. The molecule has 2 rings (SSSR count). The summed E-state index contributed by atoms with van der Waals surface area (Å²) in [6, 6.07) is 4.85. The van der Waals surface area contributed by atoms with Gasteiger partial charge < -0.3 is 9.84 Å². The van der Waals surface area contributed by atoms with Crippen LogP contribution in [-0.4, -0.2) is 32.8 Å². The second-order valence-corrected chi connectivity index (χ2v) is 6.66. The van der Waals surface area contributed by atoms with Crippen molar-refractivity contribution in [2.24, 2.45) is 0 Å². The van der Waals surface area contributed by atoms with Crippen molar-refractivity contribution in [2.45, 2.75) is 43.7 Å². The molecular formula is C14H21NO4S. The van der Waals surface area contributed by atoms with Gasteiger partial charge in [-0.05, 0) is 42.5 Å². The van der Waals surface area contributed by atoms with Gasteiger partial charge in [-0.2, -0.15) is 0 Å². The van der Waals surface area contributed by atoms with Crippen LogP contribution in [-0.2, 0) is 27.8 Å². The Morgan fingerprint density at radius 3 is 2.60 bits per heavy atom. The Morgan fingerprint density at radius 2 is 2.00 bits per heavy atom. The Kier molecular flexibility index (Phi) is 5.15. The van der Waals surface area contributed by atoms with Gasteiger partial charge in [0, 0.05) is 19.3 Å². The van der Waals surface area contributed by atoms with Crippen molar-refractivity contribution in [3.8, 4) is 0 Å². The normalized spacial score (nSPS) is 17.3. The molecule has 0 amide bonds. The zero-order valence-electron chi connectivity index (χ0n) is 11.6. The number of hydrogen-bond acceptors (Lipinski definition) is 4. The van der Waals surface area contributed by atoms with Gasteiger partial charge in [-0.1, -0.05) is 13.0 Å². The van der Waals surface area contributed by atoms with Crippen molar-refractivity contribution in [1.82, 2.24) is 4.72 Å². The minimum absolute atomic E-state index is 0.0721. The molecule has 5 nitrogen and oxygen atoms in total. The summed E-state index contributed by atoms with van der Waals surface area (Å²) in [6.07, 6.45) is 2.15. The van der Waals surface area contributed by atoms with E-state index < -0.39 is 10.0 Å². The summed E-state index contributed by atoms with van der Waals surface area (Å²) >= 11 is 0. The van der Waals surface area contributed by atoms with E-state index in [1.165, 1.54) is 0 Å². The molecule has 1 aliphatic heterocycles. The monoisotopic (exact) mass is 299 g/mol. The van der Waals surface area contributed by atoms with E-state index in [1.807, 2.05) is 6.92 Å².